The average Bonchev–Trinajstić information content (AvgIpc) is 3.05. The molecule has 2 aromatic rings. The topological polar surface area (TPSA) is 77.6 Å². The largest absolute Gasteiger partial charge is 0.354 e. The van der Waals surface area contributed by atoms with Gasteiger partial charge in [-0.2, -0.15) is 5.10 Å². The number of carbonyl (C=O) groups is 1. The summed E-state index contributed by atoms with van der Waals surface area (Å²) in [5.74, 6) is -0.0303. The maximum atomic E-state index is 11.8. The van der Waals surface area contributed by atoms with Crippen LogP contribution in [0.2, 0.25) is 0 Å². The van der Waals surface area contributed by atoms with E-state index < -0.39 is 0 Å². The molecular weight excluding hydrogens is 232 g/mol. The van der Waals surface area contributed by atoms with E-state index in [4.69, 9.17) is 0 Å². The number of carbonyl (C=O) groups excluding carboxylic acids is 1. The molecule has 2 heterocycles. The van der Waals surface area contributed by atoms with E-state index in [2.05, 4.69) is 20.7 Å². The minimum Gasteiger partial charge on any atom is -0.354 e. The lowest BCUT2D eigenvalue weighted by Gasteiger charge is -2.12. The Hall–Kier alpha value is -2.18. The summed E-state index contributed by atoms with van der Waals surface area (Å²) >= 11 is 0. The van der Waals surface area contributed by atoms with Crippen LogP contribution in [-0.2, 0) is 11.3 Å². The molecule has 0 fully saturated rings. The summed E-state index contributed by atoms with van der Waals surface area (Å²) in [5, 5.41) is 14.5. The Morgan fingerprint density at radius 2 is 2.28 bits per heavy atom. The Bertz CT molecular complexity index is 464. The molecule has 0 bridgehead atoms. The van der Waals surface area contributed by atoms with Gasteiger partial charge in [0.2, 0.25) is 5.91 Å². The zero-order valence-electron chi connectivity index (χ0n) is 10.2. The molecule has 7 heteroatoms. The highest BCUT2D eigenvalue weighted by molar-refractivity contribution is 5.79. The molecule has 0 radical (unpaired) electrons. The molecule has 0 aliphatic carbocycles. The maximum Gasteiger partial charge on any atom is 0.244 e. The summed E-state index contributed by atoms with van der Waals surface area (Å²) in [6, 6.07) is 1.51. The molecule has 96 valence electrons. The van der Waals surface area contributed by atoms with Crippen LogP contribution >= 0.6 is 0 Å². The number of amides is 1. The van der Waals surface area contributed by atoms with Crippen LogP contribution in [0.3, 0.4) is 0 Å². The van der Waals surface area contributed by atoms with Gasteiger partial charge in [-0.1, -0.05) is 5.21 Å². The van der Waals surface area contributed by atoms with E-state index in [9.17, 15) is 4.79 Å². The third-order valence-electron chi connectivity index (χ3n) is 2.64. The van der Waals surface area contributed by atoms with Crippen molar-refractivity contribution in [2.45, 2.75) is 25.9 Å². The van der Waals surface area contributed by atoms with Crippen molar-refractivity contribution >= 4 is 5.91 Å². The first-order valence-electron chi connectivity index (χ1n) is 5.88. The van der Waals surface area contributed by atoms with Crippen molar-refractivity contribution in [3.05, 3.63) is 30.9 Å². The molecule has 0 aliphatic heterocycles. The first-order valence-corrected chi connectivity index (χ1v) is 5.88. The van der Waals surface area contributed by atoms with Gasteiger partial charge < -0.3 is 5.32 Å². The molecule has 2 rings (SSSR count). The predicted molar refractivity (Wildman–Crippen MR) is 64.6 cm³/mol. The van der Waals surface area contributed by atoms with Crippen LogP contribution in [0, 0.1) is 0 Å². The van der Waals surface area contributed by atoms with Crippen LogP contribution in [0.5, 0.6) is 0 Å². The van der Waals surface area contributed by atoms with Gasteiger partial charge in [0, 0.05) is 31.7 Å². The quantitative estimate of drug-likeness (QED) is 0.743. The fourth-order valence-electron chi connectivity index (χ4n) is 1.58. The van der Waals surface area contributed by atoms with E-state index in [1.165, 1.54) is 0 Å². The number of rotatable bonds is 6. The highest BCUT2D eigenvalue weighted by Crippen LogP contribution is 2.02. The van der Waals surface area contributed by atoms with Crippen molar-refractivity contribution in [3.8, 4) is 0 Å². The second kappa shape index (κ2) is 5.95. The highest BCUT2D eigenvalue weighted by atomic mass is 16.2. The molecule has 0 aromatic carbocycles. The summed E-state index contributed by atoms with van der Waals surface area (Å²) in [4.78, 5) is 11.8. The van der Waals surface area contributed by atoms with Crippen molar-refractivity contribution < 1.29 is 4.79 Å². The molecule has 0 saturated carbocycles. The molecule has 1 amide bonds. The normalized spacial score (nSPS) is 12.3. The Morgan fingerprint density at radius 3 is 2.94 bits per heavy atom. The predicted octanol–water partition coefficient (Wildman–Crippen LogP) is 0.242. The zero-order valence-corrected chi connectivity index (χ0v) is 10.2. The third kappa shape index (κ3) is 3.16. The molecular formula is C11H16N6O. The minimum atomic E-state index is -0.286. The van der Waals surface area contributed by atoms with Crippen LogP contribution in [0.15, 0.2) is 30.9 Å². The van der Waals surface area contributed by atoms with Crippen molar-refractivity contribution in [2.24, 2.45) is 0 Å². The van der Waals surface area contributed by atoms with E-state index in [-0.39, 0.29) is 11.9 Å². The second-order valence-corrected chi connectivity index (χ2v) is 3.97. The lowest BCUT2D eigenvalue weighted by atomic mass is 10.3. The van der Waals surface area contributed by atoms with Gasteiger partial charge in [-0.05, 0) is 19.4 Å². The molecule has 0 aliphatic rings. The van der Waals surface area contributed by atoms with Crippen molar-refractivity contribution in [1.29, 1.82) is 0 Å². The van der Waals surface area contributed by atoms with E-state index in [1.54, 1.807) is 40.2 Å². The lowest BCUT2D eigenvalue weighted by molar-refractivity contribution is -0.124. The highest BCUT2D eigenvalue weighted by Gasteiger charge is 2.13. The number of aromatic nitrogens is 5. The van der Waals surface area contributed by atoms with Gasteiger partial charge in [-0.3, -0.25) is 14.2 Å². The number of hydrogen-bond donors (Lipinski definition) is 1. The maximum absolute atomic E-state index is 11.8. The Kier molecular flexibility index (Phi) is 4.06. The molecule has 1 N–H and O–H groups in total. The van der Waals surface area contributed by atoms with E-state index >= 15 is 0 Å². The van der Waals surface area contributed by atoms with Gasteiger partial charge in [0.25, 0.3) is 0 Å². The van der Waals surface area contributed by atoms with Crippen LogP contribution in [0.4, 0.5) is 0 Å². The van der Waals surface area contributed by atoms with Gasteiger partial charge >= 0.3 is 0 Å². The monoisotopic (exact) mass is 248 g/mol. The summed E-state index contributed by atoms with van der Waals surface area (Å²) in [6.45, 7) is 3.18. The fourth-order valence-corrected chi connectivity index (χ4v) is 1.58. The molecule has 2 aromatic heterocycles. The summed E-state index contributed by atoms with van der Waals surface area (Å²) in [5.41, 5.74) is 0. The Morgan fingerprint density at radius 1 is 1.39 bits per heavy atom. The average molecular weight is 248 g/mol. The van der Waals surface area contributed by atoms with Crippen molar-refractivity contribution in [3.63, 3.8) is 0 Å². The van der Waals surface area contributed by atoms with Gasteiger partial charge in [-0.15, -0.1) is 5.10 Å². The molecule has 0 unspecified atom stereocenters. The van der Waals surface area contributed by atoms with E-state index in [1.807, 2.05) is 6.92 Å². The molecule has 1 atom stereocenters. The van der Waals surface area contributed by atoms with Crippen LogP contribution in [0.1, 0.15) is 19.4 Å². The molecule has 7 nitrogen and oxygen atoms in total. The minimum absolute atomic E-state index is 0.0303. The van der Waals surface area contributed by atoms with Crippen molar-refractivity contribution in [1.82, 2.24) is 30.1 Å². The number of nitrogens with one attached hydrogen (secondary N) is 1. The van der Waals surface area contributed by atoms with Gasteiger partial charge in [0.15, 0.2) is 0 Å². The van der Waals surface area contributed by atoms with Crippen LogP contribution < -0.4 is 5.32 Å². The lowest BCUT2D eigenvalue weighted by Crippen LogP contribution is -2.32. The smallest absolute Gasteiger partial charge is 0.244 e. The second-order valence-electron chi connectivity index (χ2n) is 3.97. The number of nitrogens with zero attached hydrogens (tertiary/aromatic N) is 5. The van der Waals surface area contributed by atoms with Gasteiger partial charge in [0.1, 0.15) is 6.04 Å². The standard InChI is InChI=1S/C11H16N6O/c1-10(17-8-3-5-14-17)11(18)12-4-2-7-16-9-6-13-15-16/h3,5-6,8-10H,2,4,7H2,1H3,(H,12,18)/t10-/m1/s1. The van der Waals surface area contributed by atoms with E-state index in [0.29, 0.717) is 6.54 Å². The SMILES string of the molecule is C[C@H](C(=O)NCCCn1ccnn1)n1cccn1. The number of aryl methyl sites for hydroxylation is 1. The van der Waals surface area contributed by atoms with Gasteiger partial charge in [0.05, 0.1) is 6.20 Å². The Labute approximate surface area is 105 Å². The zero-order chi connectivity index (χ0) is 12.8. The molecule has 18 heavy (non-hydrogen) atoms. The number of hydrogen-bond acceptors (Lipinski definition) is 4. The van der Waals surface area contributed by atoms with Crippen LogP contribution in [0.25, 0.3) is 0 Å². The summed E-state index contributed by atoms with van der Waals surface area (Å²) < 4.78 is 3.37. The summed E-state index contributed by atoms with van der Waals surface area (Å²) in [6.07, 6.45) is 7.70. The Balaban J connectivity index is 1.69. The van der Waals surface area contributed by atoms with E-state index in [0.717, 1.165) is 13.0 Å². The molecule has 0 saturated heterocycles. The first-order chi connectivity index (χ1) is 8.77. The third-order valence-corrected chi connectivity index (χ3v) is 2.64. The van der Waals surface area contributed by atoms with Crippen LogP contribution in [-0.4, -0.2) is 37.2 Å². The molecule has 0 spiro atoms. The van der Waals surface area contributed by atoms with Gasteiger partial charge in [-0.25, -0.2) is 0 Å². The first kappa shape index (κ1) is 12.3. The summed E-state index contributed by atoms with van der Waals surface area (Å²) in [7, 11) is 0. The van der Waals surface area contributed by atoms with Crippen molar-refractivity contribution in [2.75, 3.05) is 6.54 Å². The fraction of sp³-hybridized carbons (Fsp3) is 0.455.